The van der Waals surface area contributed by atoms with Gasteiger partial charge in [0.15, 0.2) is 0 Å². The van der Waals surface area contributed by atoms with E-state index in [0.717, 1.165) is 23.8 Å². The third kappa shape index (κ3) is 7.17. The Hall–Kier alpha value is -3.21. The molecular weight excluding hydrogens is 531 g/mol. The molecule has 1 aliphatic heterocycles. The molecule has 41 heavy (non-hydrogen) atoms. The van der Waals surface area contributed by atoms with Gasteiger partial charge in [0.1, 0.15) is 29.7 Å². The summed E-state index contributed by atoms with van der Waals surface area (Å²) in [5.41, 5.74) is 0.546. The number of hydrogen-bond acceptors (Lipinski definition) is 5. The number of carbonyl (C=O) groups excluding carboxylic acids is 1. The molecule has 0 bridgehead atoms. The van der Waals surface area contributed by atoms with Gasteiger partial charge in [-0.3, -0.25) is 4.79 Å². The Morgan fingerprint density at radius 3 is 2.59 bits per heavy atom. The van der Waals surface area contributed by atoms with E-state index in [0.29, 0.717) is 31.9 Å². The van der Waals surface area contributed by atoms with Crippen molar-refractivity contribution in [3.8, 4) is 11.3 Å². The zero-order valence-electron chi connectivity index (χ0n) is 24.1. The zero-order valence-corrected chi connectivity index (χ0v) is 24.1. The first-order valence-electron chi connectivity index (χ1n) is 14.1. The van der Waals surface area contributed by atoms with Gasteiger partial charge in [-0.1, -0.05) is 44.2 Å². The van der Waals surface area contributed by atoms with E-state index in [1.54, 1.807) is 11.1 Å². The molecule has 1 unspecified atom stereocenters. The molecule has 10 heteroatoms. The van der Waals surface area contributed by atoms with Crippen molar-refractivity contribution in [1.82, 2.24) is 25.1 Å². The van der Waals surface area contributed by atoms with Crippen LogP contribution in [0.15, 0.2) is 54.7 Å². The molecule has 1 amide bonds. The highest BCUT2D eigenvalue weighted by molar-refractivity contribution is 5.80. The van der Waals surface area contributed by atoms with Crippen LogP contribution in [-0.2, 0) is 11.3 Å². The lowest BCUT2D eigenvalue weighted by molar-refractivity contribution is -0.146. The number of alkyl halides is 1. The SMILES string of the molecule is CNCCC(C)(C)[C@H](c1nc(-c2cc(F)ccc2F)cn1Cc1ccccc1)N(C[C@@H]1CNCC1F)C(=O)[C@H](C)O. The number of carbonyl (C=O) groups is 1. The number of aliphatic hydroxyl groups excluding tert-OH is 1. The quantitative estimate of drug-likeness (QED) is 0.302. The van der Waals surface area contributed by atoms with Crippen molar-refractivity contribution in [2.75, 3.05) is 33.2 Å². The van der Waals surface area contributed by atoms with Crippen molar-refractivity contribution in [3.63, 3.8) is 0 Å². The van der Waals surface area contributed by atoms with Crippen molar-refractivity contribution in [1.29, 1.82) is 0 Å². The molecule has 1 aromatic heterocycles. The number of aliphatic hydroxyl groups is 1. The van der Waals surface area contributed by atoms with Gasteiger partial charge in [0, 0.05) is 43.9 Å². The smallest absolute Gasteiger partial charge is 0.251 e. The first kappa shape index (κ1) is 30.7. The van der Waals surface area contributed by atoms with Crippen LogP contribution in [0.4, 0.5) is 13.2 Å². The summed E-state index contributed by atoms with van der Waals surface area (Å²) < 4.78 is 45.9. The van der Waals surface area contributed by atoms with E-state index < -0.39 is 47.2 Å². The summed E-state index contributed by atoms with van der Waals surface area (Å²) in [7, 11) is 1.84. The van der Waals surface area contributed by atoms with Gasteiger partial charge in [-0.15, -0.1) is 0 Å². The Morgan fingerprint density at radius 2 is 1.95 bits per heavy atom. The van der Waals surface area contributed by atoms with E-state index in [-0.39, 0.29) is 24.3 Å². The molecular formula is C31H40F3N5O2. The largest absolute Gasteiger partial charge is 0.384 e. The lowest BCUT2D eigenvalue weighted by Gasteiger charge is -2.43. The predicted octanol–water partition coefficient (Wildman–Crippen LogP) is 4.32. The average molecular weight is 572 g/mol. The molecule has 0 spiro atoms. The molecule has 3 N–H and O–H groups in total. The Kier molecular flexibility index (Phi) is 9.88. The second-order valence-corrected chi connectivity index (χ2v) is 11.6. The van der Waals surface area contributed by atoms with Gasteiger partial charge in [-0.25, -0.2) is 18.2 Å². The Morgan fingerprint density at radius 1 is 1.22 bits per heavy atom. The minimum atomic E-state index is -1.33. The van der Waals surface area contributed by atoms with Crippen LogP contribution in [0, 0.1) is 23.0 Å². The zero-order chi connectivity index (χ0) is 29.7. The highest BCUT2D eigenvalue weighted by atomic mass is 19.1. The Balaban J connectivity index is 1.92. The van der Waals surface area contributed by atoms with Crippen LogP contribution in [0.1, 0.15) is 44.6 Å². The summed E-state index contributed by atoms with van der Waals surface area (Å²) in [6, 6.07) is 12.1. The van der Waals surface area contributed by atoms with Gasteiger partial charge >= 0.3 is 0 Å². The minimum Gasteiger partial charge on any atom is -0.384 e. The number of rotatable bonds is 12. The van der Waals surface area contributed by atoms with Gasteiger partial charge < -0.3 is 25.2 Å². The topological polar surface area (TPSA) is 82.4 Å². The van der Waals surface area contributed by atoms with Crippen LogP contribution < -0.4 is 10.6 Å². The molecule has 4 rings (SSSR count). The van der Waals surface area contributed by atoms with Crippen LogP contribution in [0.2, 0.25) is 0 Å². The van der Waals surface area contributed by atoms with Crippen molar-refractivity contribution in [2.45, 2.75) is 52.1 Å². The predicted molar refractivity (Wildman–Crippen MR) is 153 cm³/mol. The van der Waals surface area contributed by atoms with E-state index in [2.05, 4.69) is 10.6 Å². The van der Waals surface area contributed by atoms with Gasteiger partial charge in [-0.2, -0.15) is 0 Å². The Labute approximate surface area is 239 Å². The maximum atomic E-state index is 15.0. The van der Waals surface area contributed by atoms with E-state index in [1.807, 2.05) is 55.8 Å². The number of benzene rings is 2. The first-order chi connectivity index (χ1) is 19.5. The first-order valence-corrected chi connectivity index (χ1v) is 14.1. The molecule has 1 aliphatic rings. The fourth-order valence-electron chi connectivity index (χ4n) is 5.57. The lowest BCUT2D eigenvalue weighted by atomic mass is 9.78. The molecule has 1 saturated heterocycles. The van der Waals surface area contributed by atoms with E-state index in [4.69, 9.17) is 4.98 Å². The Bertz CT molecular complexity index is 1310. The van der Waals surface area contributed by atoms with Crippen molar-refractivity contribution in [2.24, 2.45) is 11.3 Å². The highest BCUT2D eigenvalue weighted by Crippen LogP contribution is 2.43. The van der Waals surface area contributed by atoms with Gasteiger partial charge in [0.25, 0.3) is 5.91 Å². The van der Waals surface area contributed by atoms with Crippen LogP contribution in [0.3, 0.4) is 0 Å². The van der Waals surface area contributed by atoms with E-state index in [9.17, 15) is 23.1 Å². The molecule has 0 saturated carbocycles. The van der Waals surface area contributed by atoms with Crippen LogP contribution in [0.25, 0.3) is 11.3 Å². The number of hydrogen-bond donors (Lipinski definition) is 3. The maximum absolute atomic E-state index is 15.0. The molecule has 222 valence electrons. The molecule has 4 atom stereocenters. The number of nitrogens with zero attached hydrogens (tertiary/aromatic N) is 3. The van der Waals surface area contributed by atoms with Crippen LogP contribution in [-0.4, -0.2) is 71.0 Å². The minimum absolute atomic E-state index is 0.00191. The summed E-state index contributed by atoms with van der Waals surface area (Å²) in [6.07, 6.45) is -0.202. The maximum Gasteiger partial charge on any atom is 0.251 e. The number of aromatic nitrogens is 2. The summed E-state index contributed by atoms with van der Waals surface area (Å²) in [6.45, 7) is 7.04. The van der Waals surface area contributed by atoms with Gasteiger partial charge in [0.05, 0.1) is 11.7 Å². The summed E-state index contributed by atoms with van der Waals surface area (Å²) in [5, 5.41) is 16.7. The van der Waals surface area contributed by atoms with Gasteiger partial charge in [0.2, 0.25) is 0 Å². The molecule has 7 nitrogen and oxygen atoms in total. The fourth-order valence-corrected chi connectivity index (χ4v) is 5.57. The normalized spacial score (nSPS) is 18.8. The summed E-state index contributed by atoms with van der Waals surface area (Å²) in [4.78, 5) is 20.1. The average Bonchev–Trinajstić information content (AvgIpc) is 3.54. The summed E-state index contributed by atoms with van der Waals surface area (Å²) in [5.74, 6) is -1.79. The van der Waals surface area contributed by atoms with Crippen molar-refractivity contribution >= 4 is 5.91 Å². The van der Waals surface area contributed by atoms with Crippen molar-refractivity contribution < 1.29 is 23.1 Å². The van der Waals surface area contributed by atoms with Crippen LogP contribution in [0.5, 0.6) is 0 Å². The second-order valence-electron chi connectivity index (χ2n) is 11.6. The molecule has 1 fully saturated rings. The number of amides is 1. The number of imidazole rings is 1. The van der Waals surface area contributed by atoms with Crippen LogP contribution >= 0.6 is 0 Å². The standard InChI is InChI=1S/C31H40F3N5O2/c1-20(40)30(41)39(18-22-15-36-16-26(22)34)28(31(2,3)12-13-35-4)29-37-27(24-14-23(32)10-11-25(24)33)19-38(29)17-21-8-6-5-7-9-21/h5-11,14,19-20,22,26,28,35-36,40H,12-13,15-18H2,1-4H3/t20-,22-,26?,28-/m0/s1. The molecule has 2 heterocycles. The highest BCUT2D eigenvalue weighted by Gasteiger charge is 2.43. The van der Waals surface area contributed by atoms with E-state index in [1.165, 1.54) is 6.92 Å². The molecule has 2 aromatic carbocycles. The van der Waals surface area contributed by atoms with E-state index >= 15 is 0 Å². The third-order valence-electron chi connectivity index (χ3n) is 7.85. The third-order valence-corrected chi connectivity index (χ3v) is 7.85. The van der Waals surface area contributed by atoms with Gasteiger partial charge in [-0.05, 0) is 56.1 Å². The second kappa shape index (κ2) is 13.2. The lowest BCUT2D eigenvalue weighted by Crippen LogP contribution is -2.50. The molecule has 0 aliphatic carbocycles. The molecule has 0 radical (unpaired) electrons. The monoisotopic (exact) mass is 571 g/mol. The fraction of sp³-hybridized carbons (Fsp3) is 0.484. The summed E-state index contributed by atoms with van der Waals surface area (Å²) >= 11 is 0. The number of halogens is 3. The molecule has 3 aromatic rings. The van der Waals surface area contributed by atoms with Crippen molar-refractivity contribution in [3.05, 3.63) is 77.8 Å². The number of nitrogens with one attached hydrogen (secondary N) is 2.